The Hall–Kier alpha value is -2.04. The minimum Gasteiger partial charge on any atom is -0.394 e. The van der Waals surface area contributed by atoms with Gasteiger partial charge in [0, 0.05) is 33.0 Å². The Morgan fingerprint density at radius 3 is 2.84 bits per heavy atom. The van der Waals surface area contributed by atoms with Crippen LogP contribution in [0.25, 0.3) is 0 Å². The third-order valence-electron chi connectivity index (χ3n) is 3.12. The van der Waals surface area contributed by atoms with Crippen LogP contribution in [0.5, 0.6) is 0 Å². The van der Waals surface area contributed by atoms with Gasteiger partial charge >= 0.3 is 0 Å². The molecule has 0 aliphatic carbocycles. The van der Waals surface area contributed by atoms with Crippen LogP contribution in [0, 0.1) is 0 Å². The summed E-state index contributed by atoms with van der Waals surface area (Å²) in [5.41, 5.74) is 9.13. The molecule has 0 unspecified atom stereocenters. The molecule has 2 aromatic rings. The molecular weight excluding hydrogens is 238 g/mol. The van der Waals surface area contributed by atoms with E-state index in [9.17, 15) is 0 Å². The zero-order valence-corrected chi connectivity index (χ0v) is 11.8. The Kier molecular flexibility index (Phi) is 4.04. The van der Waals surface area contributed by atoms with Gasteiger partial charge in [-0.15, -0.1) is 0 Å². The quantitative estimate of drug-likeness (QED) is 0.892. The summed E-state index contributed by atoms with van der Waals surface area (Å²) in [6.07, 6.45) is 5.62. The molecule has 2 N–H and O–H groups in total. The first kappa shape index (κ1) is 13.4. The summed E-state index contributed by atoms with van der Waals surface area (Å²) in [6, 6.07) is 4.00. The van der Waals surface area contributed by atoms with Gasteiger partial charge in [-0.3, -0.25) is 9.67 Å². The summed E-state index contributed by atoms with van der Waals surface area (Å²) in [7, 11) is 3.96. The number of aryl methyl sites for hydroxylation is 2. The molecule has 5 nitrogen and oxygen atoms in total. The van der Waals surface area contributed by atoms with Crippen molar-refractivity contribution in [3.8, 4) is 0 Å². The number of nitrogens with two attached hydrogens (primary N) is 1. The minimum absolute atomic E-state index is 0.767. The first-order valence-electron chi connectivity index (χ1n) is 6.54. The van der Waals surface area contributed by atoms with E-state index in [1.54, 1.807) is 6.20 Å². The fourth-order valence-electron chi connectivity index (χ4n) is 2.30. The van der Waals surface area contributed by atoms with Crippen molar-refractivity contribution in [2.45, 2.75) is 26.3 Å². The molecule has 0 aliphatic rings. The number of hydrogen-bond acceptors (Lipinski definition) is 4. The highest BCUT2D eigenvalue weighted by Crippen LogP contribution is 2.27. The van der Waals surface area contributed by atoms with Gasteiger partial charge in [-0.2, -0.15) is 5.10 Å². The second-order valence-electron chi connectivity index (χ2n) is 4.77. The van der Waals surface area contributed by atoms with Gasteiger partial charge in [-0.1, -0.05) is 19.4 Å². The van der Waals surface area contributed by atoms with Crippen LogP contribution in [0.2, 0.25) is 0 Å². The lowest BCUT2D eigenvalue weighted by atomic mass is 10.2. The molecule has 0 fully saturated rings. The van der Waals surface area contributed by atoms with Gasteiger partial charge in [0.05, 0.1) is 11.4 Å². The van der Waals surface area contributed by atoms with Crippen molar-refractivity contribution in [1.29, 1.82) is 0 Å². The third-order valence-corrected chi connectivity index (χ3v) is 3.12. The van der Waals surface area contributed by atoms with Crippen molar-refractivity contribution < 1.29 is 0 Å². The monoisotopic (exact) mass is 259 g/mol. The Labute approximate surface area is 114 Å². The Bertz CT molecular complexity index is 532. The maximum Gasteiger partial charge on any atom is 0.150 e. The molecule has 2 heterocycles. The van der Waals surface area contributed by atoms with E-state index in [1.165, 1.54) is 0 Å². The number of nitrogens with zero attached hydrogens (tertiary/aromatic N) is 4. The lowest BCUT2D eigenvalue weighted by Crippen LogP contribution is -2.20. The molecule has 0 amide bonds. The van der Waals surface area contributed by atoms with Gasteiger partial charge < -0.3 is 10.6 Å². The first-order chi connectivity index (χ1) is 9.13. The predicted octanol–water partition coefficient (Wildman–Crippen LogP) is 1.99. The van der Waals surface area contributed by atoms with Gasteiger partial charge in [0.25, 0.3) is 0 Å². The second-order valence-corrected chi connectivity index (χ2v) is 4.77. The summed E-state index contributed by atoms with van der Waals surface area (Å²) in [4.78, 5) is 6.24. The van der Waals surface area contributed by atoms with Gasteiger partial charge in [-0.05, 0) is 18.1 Å². The lowest BCUT2D eigenvalue weighted by molar-refractivity contribution is 0.712. The highest BCUT2D eigenvalue weighted by atomic mass is 15.4. The van der Waals surface area contributed by atoms with E-state index in [1.807, 2.05) is 31.0 Å². The topological polar surface area (TPSA) is 60.0 Å². The van der Waals surface area contributed by atoms with E-state index in [0.717, 1.165) is 42.1 Å². The standard InChI is InChI=1S/C14H21N5/c1-4-6-12-13(15)14(19(3)17-12)18(2)10-11-7-5-8-16-9-11/h5,7-9H,4,6,10,15H2,1-3H3. The van der Waals surface area contributed by atoms with Crippen molar-refractivity contribution in [2.75, 3.05) is 17.7 Å². The van der Waals surface area contributed by atoms with Gasteiger partial charge in [0.15, 0.2) is 0 Å². The fraction of sp³-hybridized carbons (Fsp3) is 0.429. The molecule has 0 spiro atoms. The number of aromatic nitrogens is 3. The Morgan fingerprint density at radius 2 is 2.21 bits per heavy atom. The summed E-state index contributed by atoms with van der Waals surface area (Å²) in [6.45, 7) is 2.90. The zero-order valence-electron chi connectivity index (χ0n) is 11.8. The van der Waals surface area contributed by atoms with Crippen LogP contribution < -0.4 is 10.6 Å². The molecule has 0 saturated carbocycles. The van der Waals surface area contributed by atoms with Crippen molar-refractivity contribution in [2.24, 2.45) is 7.05 Å². The lowest BCUT2D eigenvalue weighted by Gasteiger charge is -2.19. The fourth-order valence-corrected chi connectivity index (χ4v) is 2.30. The average molecular weight is 259 g/mol. The molecule has 5 heteroatoms. The van der Waals surface area contributed by atoms with E-state index in [4.69, 9.17) is 5.73 Å². The zero-order chi connectivity index (χ0) is 13.8. The molecule has 2 aromatic heterocycles. The Morgan fingerprint density at radius 1 is 1.42 bits per heavy atom. The van der Waals surface area contributed by atoms with Gasteiger partial charge in [0.2, 0.25) is 0 Å². The molecule has 2 rings (SSSR count). The summed E-state index contributed by atoms with van der Waals surface area (Å²) in [5, 5.41) is 4.50. The number of pyridine rings is 1. The second kappa shape index (κ2) is 5.73. The Balaban J connectivity index is 2.21. The van der Waals surface area contributed by atoms with Crippen molar-refractivity contribution >= 4 is 11.5 Å². The average Bonchev–Trinajstić information content (AvgIpc) is 2.66. The molecule has 0 radical (unpaired) electrons. The highest BCUT2D eigenvalue weighted by Gasteiger charge is 2.16. The number of rotatable bonds is 5. The van der Waals surface area contributed by atoms with Crippen LogP contribution in [-0.4, -0.2) is 21.8 Å². The molecule has 0 aliphatic heterocycles. The van der Waals surface area contributed by atoms with E-state index >= 15 is 0 Å². The van der Waals surface area contributed by atoms with Crippen molar-refractivity contribution in [3.05, 3.63) is 35.8 Å². The molecule has 0 atom stereocenters. The largest absolute Gasteiger partial charge is 0.394 e. The SMILES string of the molecule is CCCc1nn(C)c(N(C)Cc2cccnc2)c1N. The molecule has 0 aromatic carbocycles. The summed E-state index contributed by atoms with van der Waals surface area (Å²) < 4.78 is 1.86. The summed E-state index contributed by atoms with van der Waals surface area (Å²) >= 11 is 0. The van der Waals surface area contributed by atoms with E-state index < -0.39 is 0 Å². The summed E-state index contributed by atoms with van der Waals surface area (Å²) in [5.74, 6) is 0.965. The van der Waals surface area contributed by atoms with E-state index in [-0.39, 0.29) is 0 Å². The van der Waals surface area contributed by atoms with Crippen LogP contribution in [0.1, 0.15) is 24.6 Å². The maximum absolute atomic E-state index is 6.20. The number of hydrogen-bond donors (Lipinski definition) is 1. The van der Waals surface area contributed by atoms with Crippen LogP contribution >= 0.6 is 0 Å². The number of nitrogen functional groups attached to an aromatic ring is 1. The molecule has 102 valence electrons. The van der Waals surface area contributed by atoms with Crippen LogP contribution in [0.3, 0.4) is 0 Å². The first-order valence-corrected chi connectivity index (χ1v) is 6.54. The molecule has 0 bridgehead atoms. The van der Waals surface area contributed by atoms with E-state index in [2.05, 4.69) is 28.0 Å². The third kappa shape index (κ3) is 2.86. The van der Waals surface area contributed by atoms with Crippen molar-refractivity contribution in [1.82, 2.24) is 14.8 Å². The van der Waals surface area contributed by atoms with Crippen molar-refractivity contribution in [3.63, 3.8) is 0 Å². The molecule has 19 heavy (non-hydrogen) atoms. The normalized spacial score (nSPS) is 10.7. The highest BCUT2D eigenvalue weighted by molar-refractivity contribution is 5.66. The van der Waals surface area contributed by atoms with Crippen LogP contribution in [-0.2, 0) is 20.0 Å². The minimum atomic E-state index is 0.767. The van der Waals surface area contributed by atoms with Crippen LogP contribution in [0.15, 0.2) is 24.5 Å². The number of anilines is 2. The predicted molar refractivity (Wildman–Crippen MR) is 78.0 cm³/mol. The maximum atomic E-state index is 6.20. The van der Waals surface area contributed by atoms with Gasteiger partial charge in [0.1, 0.15) is 5.82 Å². The van der Waals surface area contributed by atoms with E-state index in [0.29, 0.717) is 0 Å². The smallest absolute Gasteiger partial charge is 0.150 e. The molecule has 0 saturated heterocycles. The van der Waals surface area contributed by atoms with Gasteiger partial charge in [-0.25, -0.2) is 0 Å². The molecular formula is C14H21N5. The van der Waals surface area contributed by atoms with Crippen LogP contribution in [0.4, 0.5) is 11.5 Å².